The lowest BCUT2D eigenvalue weighted by Gasteiger charge is -2.35. The number of methoxy groups -OCH3 is 3. The van der Waals surface area contributed by atoms with E-state index in [9.17, 15) is 4.79 Å². The van der Waals surface area contributed by atoms with E-state index in [-0.39, 0.29) is 12.3 Å². The molecule has 2 rings (SSSR count). The SMILES string of the molecule is COc1cc(CC(=O)NC[C@@H](C)N2CCC(C)CC2)cc(OC)c1OC. The smallest absolute Gasteiger partial charge is 0.224 e. The number of rotatable bonds is 8. The Kier molecular flexibility index (Phi) is 7.57. The molecule has 1 amide bonds. The van der Waals surface area contributed by atoms with Gasteiger partial charge in [-0.25, -0.2) is 0 Å². The van der Waals surface area contributed by atoms with Gasteiger partial charge in [0, 0.05) is 12.6 Å². The number of nitrogens with one attached hydrogen (secondary N) is 1. The Morgan fingerprint density at radius 3 is 2.23 bits per heavy atom. The van der Waals surface area contributed by atoms with Crippen LogP contribution >= 0.6 is 0 Å². The van der Waals surface area contributed by atoms with Crippen LogP contribution in [0.1, 0.15) is 32.3 Å². The Labute approximate surface area is 156 Å². The van der Waals surface area contributed by atoms with E-state index in [0.29, 0.717) is 29.8 Å². The summed E-state index contributed by atoms with van der Waals surface area (Å²) in [6, 6.07) is 3.98. The highest BCUT2D eigenvalue weighted by Crippen LogP contribution is 2.38. The summed E-state index contributed by atoms with van der Waals surface area (Å²) in [5.74, 6) is 2.47. The predicted molar refractivity (Wildman–Crippen MR) is 102 cm³/mol. The predicted octanol–water partition coefficient (Wildman–Crippen LogP) is 2.49. The molecule has 1 atom stereocenters. The van der Waals surface area contributed by atoms with Gasteiger partial charge >= 0.3 is 0 Å². The summed E-state index contributed by atoms with van der Waals surface area (Å²) >= 11 is 0. The molecule has 0 bridgehead atoms. The van der Waals surface area contributed by atoms with E-state index in [1.54, 1.807) is 21.3 Å². The van der Waals surface area contributed by atoms with E-state index in [4.69, 9.17) is 14.2 Å². The third-order valence-electron chi connectivity index (χ3n) is 5.13. The Hall–Kier alpha value is -1.95. The van der Waals surface area contributed by atoms with Crippen LogP contribution in [0.5, 0.6) is 17.2 Å². The minimum absolute atomic E-state index is 0.00324. The molecule has 0 aromatic heterocycles. The third-order valence-corrected chi connectivity index (χ3v) is 5.13. The van der Waals surface area contributed by atoms with Crippen molar-refractivity contribution >= 4 is 5.91 Å². The molecular formula is C20H32N2O4. The molecule has 6 heteroatoms. The fourth-order valence-electron chi connectivity index (χ4n) is 3.35. The highest BCUT2D eigenvalue weighted by Gasteiger charge is 2.21. The van der Waals surface area contributed by atoms with Gasteiger partial charge in [-0.15, -0.1) is 0 Å². The zero-order valence-corrected chi connectivity index (χ0v) is 16.6. The van der Waals surface area contributed by atoms with Gasteiger partial charge in [0.05, 0.1) is 27.8 Å². The first-order valence-corrected chi connectivity index (χ1v) is 9.28. The number of ether oxygens (including phenoxy) is 3. The van der Waals surface area contributed by atoms with Crippen LogP contribution in [0, 0.1) is 5.92 Å². The summed E-state index contributed by atoms with van der Waals surface area (Å²) < 4.78 is 16.0. The zero-order chi connectivity index (χ0) is 19.1. The fraction of sp³-hybridized carbons (Fsp3) is 0.650. The van der Waals surface area contributed by atoms with Gasteiger partial charge in [0.15, 0.2) is 11.5 Å². The Morgan fingerprint density at radius 2 is 1.73 bits per heavy atom. The van der Waals surface area contributed by atoms with Gasteiger partial charge in [-0.2, -0.15) is 0 Å². The van der Waals surface area contributed by atoms with Gasteiger partial charge < -0.3 is 19.5 Å². The second-order valence-electron chi connectivity index (χ2n) is 7.08. The van der Waals surface area contributed by atoms with Crippen molar-refractivity contribution < 1.29 is 19.0 Å². The highest BCUT2D eigenvalue weighted by molar-refractivity contribution is 5.79. The van der Waals surface area contributed by atoms with Crippen LogP contribution in [-0.4, -0.2) is 57.8 Å². The lowest BCUT2D eigenvalue weighted by molar-refractivity contribution is -0.120. The second kappa shape index (κ2) is 9.67. The van der Waals surface area contributed by atoms with E-state index >= 15 is 0 Å². The standard InChI is InChI=1S/C20H32N2O4/c1-14-6-8-22(9-7-14)15(2)13-21-19(23)12-16-10-17(24-3)20(26-5)18(11-16)25-4/h10-11,14-15H,6-9,12-13H2,1-5H3,(H,21,23)/t15-/m1/s1. The van der Waals surface area contributed by atoms with Gasteiger partial charge in [-0.3, -0.25) is 9.69 Å². The average Bonchev–Trinajstić information content (AvgIpc) is 2.65. The number of carbonyl (C=O) groups is 1. The van der Waals surface area contributed by atoms with Crippen molar-refractivity contribution in [1.29, 1.82) is 0 Å². The quantitative estimate of drug-likeness (QED) is 0.768. The maximum absolute atomic E-state index is 12.4. The van der Waals surface area contributed by atoms with Crippen LogP contribution in [0.15, 0.2) is 12.1 Å². The molecule has 26 heavy (non-hydrogen) atoms. The molecule has 6 nitrogen and oxygen atoms in total. The molecular weight excluding hydrogens is 332 g/mol. The topological polar surface area (TPSA) is 60.0 Å². The number of likely N-dealkylation sites (tertiary alicyclic amines) is 1. The first-order chi connectivity index (χ1) is 12.5. The summed E-state index contributed by atoms with van der Waals surface area (Å²) in [7, 11) is 4.71. The maximum atomic E-state index is 12.4. The minimum atomic E-state index is -0.00324. The molecule has 0 saturated carbocycles. The van der Waals surface area contributed by atoms with Crippen molar-refractivity contribution in [2.45, 2.75) is 39.2 Å². The van der Waals surface area contributed by atoms with Crippen molar-refractivity contribution in [3.05, 3.63) is 17.7 Å². The van der Waals surface area contributed by atoms with Crippen molar-refractivity contribution in [2.75, 3.05) is 41.0 Å². The zero-order valence-electron chi connectivity index (χ0n) is 16.6. The summed E-state index contributed by atoms with van der Waals surface area (Å²) in [6.45, 7) is 7.38. The number of carbonyl (C=O) groups excluding carboxylic acids is 1. The van der Waals surface area contributed by atoms with Gasteiger partial charge in [-0.05, 0) is 56.5 Å². The fourth-order valence-corrected chi connectivity index (χ4v) is 3.35. The molecule has 1 aromatic rings. The highest BCUT2D eigenvalue weighted by atomic mass is 16.5. The summed E-state index contributed by atoms with van der Waals surface area (Å²) in [5, 5.41) is 3.05. The molecule has 0 spiro atoms. The van der Waals surface area contributed by atoms with Crippen LogP contribution < -0.4 is 19.5 Å². The van der Waals surface area contributed by atoms with Crippen molar-refractivity contribution in [1.82, 2.24) is 10.2 Å². The molecule has 1 aromatic carbocycles. The lowest BCUT2D eigenvalue weighted by atomic mass is 9.98. The summed E-state index contributed by atoms with van der Waals surface area (Å²) in [4.78, 5) is 14.8. The van der Waals surface area contributed by atoms with Gasteiger partial charge in [0.1, 0.15) is 0 Å². The molecule has 146 valence electrons. The van der Waals surface area contributed by atoms with Crippen LogP contribution in [-0.2, 0) is 11.2 Å². The molecule has 0 radical (unpaired) electrons. The maximum Gasteiger partial charge on any atom is 0.224 e. The van der Waals surface area contributed by atoms with Crippen molar-refractivity contribution in [3.8, 4) is 17.2 Å². The molecule has 1 N–H and O–H groups in total. The molecule has 1 heterocycles. The molecule has 1 aliphatic heterocycles. The van der Waals surface area contributed by atoms with Crippen LogP contribution in [0.4, 0.5) is 0 Å². The van der Waals surface area contributed by atoms with E-state index in [0.717, 1.165) is 24.6 Å². The van der Waals surface area contributed by atoms with E-state index < -0.39 is 0 Å². The Bertz CT molecular complexity index is 572. The van der Waals surface area contributed by atoms with Crippen molar-refractivity contribution in [2.24, 2.45) is 5.92 Å². The van der Waals surface area contributed by atoms with E-state index in [1.807, 2.05) is 12.1 Å². The molecule has 1 fully saturated rings. The molecule has 0 unspecified atom stereocenters. The largest absolute Gasteiger partial charge is 0.493 e. The molecule has 0 aliphatic carbocycles. The first-order valence-electron chi connectivity index (χ1n) is 9.28. The van der Waals surface area contributed by atoms with Crippen molar-refractivity contribution in [3.63, 3.8) is 0 Å². The Balaban J connectivity index is 1.91. The second-order valence-corrected chi connectivity index (χ2v) is 7.08. The van der Waals surface area contributed by atoms with Crippen LogP contribution in [0.2, 0.25) is 0 Å². The first kappa shape index (κ1) is 20.4. The number of hydrogen-bond donors (Lipinski definition) is 1. The minimum Gasteiger partial charge on any atom is -0.493 e. The number of piperidine rings is 1. The van der Waals surface area contributed by atoms with Gasteiger partial charge in [0.2, 0.25) is 11.7 Å². The van der Waals surface area contributed by atoms with E-state index in [2.05, 4.69) is 24.1 Å². The van der Waals surface area contributed by atoms with Gasteiger partial charge in [0.25, 0.3) is 0 Å². The summed E-state index contributed by atoms with van der Waals surface area (Å²) in [5.41, 5.74) is 0.830. The van der Waals surface area contributed by atoms with Gasteiger partial charge in [-0.1, -0.05) is 6.92 Å². The Morgan fingerprint density at radius 1 is 1.15 bits per heavy atom. The normalized spacial score (nSPS) is 16.8. The monoisotopic (exact) mass is 364 g/mol. The number of hydrogen-bond acceptors (Lipinski definition) is 5. The number of benzene rings is 1. The number of amides is 1. The number of nitrogens with zero attached hydrogens (tertiary/aromatic N) is 1. The molecule has 1 saturated heterocycles. The third kappa shape index (κ3) is 5.27. The lowest BCUT2D eigenvalue weighted by Crippen LogP contribution is -2.45. The van der Waals surface area contributed by atoms with Crippen LogP contribution in [0.3, 0.4) is 0 Å². The van der Waals surface area contributed by atoms with Crippen LogP contribution in [0.25, 0.3) is 0 Å². The average molecular weight is 364 g/mol. The van der Waals surface area contributed by atoms with E-state index in [1.165, 1.54) is 12.8 Å². The summed E-state index contributed by atoms with van der Waals surface area (Å²) in [6.07, 6.45) is 2.76. The molecule has 1 aliphatic rings.